The van der Waals surface area contributed by atoms with Crippen molar-refractivity contribution in [1.82, 2.24) is 5.32 Å². The average molecular weight is 82.1 g/mol. The van der Waals surface area contributed by atoms with Crippen LogP contribution in [-0.4, -0.2) is 13.1 Å². The fourth-order valence-electron chi connectivity index (χ4n) is 1.10. The van der Waals surface area contributed by atoms with Crippen LogP contribution < -0.4 is 5.32 Å². The van der Waals surface area contributed by atoms with Crippen LogP contribution in [0.3, 0.4) is 0 Å². The van der Waals surface area contributed by atoms with E-state index in [1.165, 1.54) is 19.5 Å². The molecule has 2 rings (SSSR count). The minimum Gasteiger partial charge on any atom is -0.316 e. The summed E-state index contributed by atoms with van der Waals surface area (Å²) in [4.78, 5) is 0. The van der Waals surface area contributed by atoms with Crippen LogP contribution in [0, 0.1) is 11.8 Å². The molecule has 0 aromatic heterocycles. The molecule has 6 heavy (non-hydrogen) atoms. The molecule has 0 spiro atoms. The van der Waals surface area contributed by atoms with Crippen LogP contribution in [0.5, 0.6) is 0 Å². The first-order chi connectivity index (χ1) is 2.97. The van der Waals surface area contributed by atoms with E-state index in [-0.39, 0.29) is 0 Å². The highest BCUT2D eigenvalue weighted by Gasteiger charge is 2.41. The zero-order valence-corrected chi connectivity index (χ0v) is 3.70. The third-order valence-corrected chi connectivity index (χ3v) is 1.67. The fraction of sp³-hybridized carbons (Fsp3) is 0.800. The summed E-state index contributed by atoms with van der Waals surface area (Å²) in [6, 6.07) is 0. The van der Waals surface area contributed by atoms with Crippen LogP contribution in [0.15, 0.2) is 0 Å². The smallest absolute Gasteiger partial charge is 0.00171 e. The molecular formula is C5H8N. The molecule has 1 aliphatic carbocycles. The molecule has 1 saturated heterocycles. The Balaban J connectivity index is 2.09. The lowest BCUT2D eigenvalue weighted by molar-refractivity contribution is 0.750. The van der Waals surface area contributed by atoms with Crippen molar-refractivity contribution in [3.8, 4) is 0 Å². The highest BCUT2D eigenvalue weighted by Crippen LogP contribution is 2.42. The first kappa shape index (κ1) is 3.03. The van der Waals surface area contributed by atoms with Crippen LogP contribution in [-0.2, 0) is 0 Å². The Kier molecular flexibility index (Phi) is 0.396. The summed E-state index contributed by atoms with van der Waals surface area (Å²) in [6.07, 6.45) is 1.44. The second-order valence-corrected chi connectivity index (χ2v) is 2.19. The Labute approximate surface area is 37.7 Å². The number of rotatable bonds is 0. The number of hydrogen-bond donors (Lipinski definition) is 1. The molecule has 2 aliphatic rings. The summed E-state index contributed by atoms with van der Waals surface area (Å²) in [5, 5.41) is 3.28. The first-order valence-corrected chi connectivity index (χ1v) is 2.52. The van der Waals surface area contributed by atoms with Crippen LogP contribution in [0.4, 0.5) is 0 Å². The van der Waals surface area contributed by atoms with Crippen LogP contribution in [0.1, 0.15) is 6.42 Å². The molecule has 0 unspecified atom stereocenters. The fourth-order valence-corrected chi connectivity index (χ4v) is 1.10. The zero-order valence-electron chi connectivity index (χ0n) is 3.70. The molecule has 1 aliphatic heterocycles. The predicted molar refractivity (Wildman–Crippen MR) is 24.2 cm³/mol. The highest BCUT2D eigenvalue weighted by atomic mass is 14.9. The Hall–Kier alpha value is -0.0400. The molecular weight excluding hydrogens is 74.1 g/mol. The van der Waals surface area contributed by atoms with E-state index < -0.39 is 0 Å². The van der Waals surface area contributed by atoms with Gasteiger partial charge in [-0.15, -0.1) is 0 Å². The van der Waals surface area contributed by atoms with Crippen molar-refractivity contribution in [1.29, 1.82) is 0 Å². The molecule has 0 aromatic carbocycles. The summed E-state index contributed by atoms with van der Waals surface area (Å²) in [7, 11) is 0. The van der Waals surface area contributed by atoms with Gasteiger partial charge in [-0.1, -0.05) is 0 Å². The maximum absolute atomic E-state index is 3.28. The number of piperidine rings is 1. The molecule has 33 valence electrons. The van der Waals surface area contributed by atoms with E-state index in [0.717, 1.165) is 5.92 Å². The Morgan fingerprint density at radius 2 is 2.67 bits per heavy atom. The van der Waals surface area contributed by atoms with Gasteiger partial charge in [0.25, 0.3) is 0 Å². The van der Waals surface area contributed by atoms with Gasteiger partial charge in [0.1, 0.15) is 0 Å². The van der Waals surface area contributed by atoms with Gasteiger partial charge in [-0.25, -0.2) is 0 Å². The van der Waals surface area contributed by atoms with E-state index in [1.807, 2.05) is 0 Å². The maximum Gasteiger partial charge on any atom is 0.00171 e. The molecule has 1 saturated carbocycles. The summed E-state index contributed by atoms with van der Waals surface area (Å²) < 4.78 is 0. The van der Waals surface area contributed by atoms with E-state index in [4.69, 9.17) is 0 Å². The van der Waals surface area contributed by atoms with Crippen molar-refractivity contribution in [2.75, 3.05) is 13.1 Å². The lowest BCUT2D eigenvalue weighted by Crippen LogP contribution is -2.09. The van der Waals surface area contributed by atoms with Crippen molar-refractivity contribution in [2.45, 2.75) is 6.42 Å². The van der Waals surface area contributed by atoms with E-state index in [2.05, 4.69) is 5.32 Å². The van der Waals surface area contributed by atoms with Gasteiger partial charge in [-0.05, 0) is 24.8 Å². The topological polar surface area (TPSA) is 12.0 Å². The normalized spacial score (nSPS) is 43.0. The van der Waals surface area contributed by atoms with Gasteiger partial charge in [0.15, 0.2) is 0 Å². The Morgan fingerprint density at radius 1 is 1.67 bits per heavy atom. The largest absolute Gasteiger partial charge is 0.316 e. The molecule has 1 atom stereocenters. The van der Waals surface area contributed by atoms with Crippen LogP contribution >= 0.6 is 0 Å². The average Bonchev–Trinajstić information content (AvgIpc) is 2.17. The van der Waals surface area contributed by atoms with Gasteiger partial charge in [0.05, 0.1) is 0 Å². The van der Waals surface area contributed by atoms with Crippen molar-refractivity contribution >= 4 is 0 Å². The molecule has 1 N–H and O–H groups in total. The molecule has 1 nitrogen and oxygen atoms in total. The summed E-state index contributed by atoms with van der Waals surface area (Å²) in [5.41, 5.74) is 0. The number of fused-ring (bicyclic) bond motifs is 1. The molecule has 1 heteroatoms. The molecule has 1 heterocycles. The lowest BCUT2D eigenvalue weighted by Gasteiger charge is -1.86. The van der Waals surface area contributed by atoms with E-state index in [9.17, 15) is 0 Å². The SMILES string of the molecule is C1NC[C@@H]2C[C]12. The summed E-state index contributed by atoms with van der Waals surface area (Å²) >= 11 is 0. The monoisotopic (exact) mass is 82.1 g/mol. The minimum atomic E-state index is 1.02. The summed E-state index contributed by atoms with van der Waals surface area (Å²) in [6.45, 7) is 2.50. The third kappa shape index (κ3) is 0.243. The Morgan fingerprint density at radius 3 is 2.83 bits per heavy atom. The van der Waals surface area contributed by atoms with E-state index >= 15 is 0 Å². The maximum atomic E-state index is 3.28. The first-order valence-electron chi connectivity index (χ1n) is 2.52. The molecule has 0 bridgehead atoms. The van der Waals surface area contributed by atoms with Crippen molar-refractivity contribution in [3.63, 3.8) is 0 Å². The zero-order chi connectivity index (χ0) is 3.98. The molecule has 0 amide bonds. The highest BCUT2D eigenvalue weighted by molar-refractivity contribution is 5.20. The molecule has 2 fully saturated rings. The van der Waals surface area contributed by atoms with Gasteiger partial charge in [-0.2, -0.15) is 0 Å². The van der Waals surface area contributed by atoms with Gasteiger partial charge in [-0.3, -0.25) is 0 Å². The van der Waals surface area contributed by atoms with Gasteiger partial charge in [0, 0.05) is 6.54 Å². The third-order valence-electron chi connectivity index (χ3n) is 1.67. The van der Waals surface area contributed by atoms with Crippen LogP contribution in [0.25, 0.3) is 0 Å². The predicted octanol–water partition coefficient (Wildman–Crippen LogP) is 0.184. The van der Waals surface area contributed by atoms with Crippen LogP contribution in [0.2, 0.25) is 0 Å². The second-order valence-electron chi connectivity index (χ2n) is 2.19. The van der Waals surface area contributed by atoms with Crippen molar-refractivity contribution in [2.24, 2.45) is 5.92 Å². The second kappa shape index (κ2) is 0.784. The number of nitrogens with one attached hydrogen (secondary N) is 1. The lowest BCUT2D eigenvalue weighted by atomic mass is 10.4. The standard InChI is InChI=1S/C5H8N/c1-4-2-6-3-5(1)4/h4,6H,1-3H2/t4-/m0/s1. The van der Waals surface area contributed by atoms with Gasteiger partial charge >= 0.3 is 0 Å². The van der Waals surface area contributed by atoms with Gasteiger partial charge < -0.3 is 5.32 Å². The number of hydrogen-bond acceptors (Lipinski definition) is 1. The molecule has 0 aromatic rings. The van der Waals surface area contributed by atoms with E-state index in [1.54, 1.807) is 5.92 Å². The minimum absolute atomic E-state index is 1.02. The summed E-state index contributed by atoms with van der Waals surface area (Å²) in [5.74, 6) is 2.78. The Bertz CT molecular complexity index is 62.3. The van der Waals surface area contributed by atoms with Gasteiger partial charge in [0.2, 0.25) is 0 Å². The quantitative estimate of drug-likeness (QED) is 0.439. The van der Waals surface area contributed by atoms with E-state index in [0.29, 0.717) is 0 Å². The van der Waals surface area contributed by atoms with Crippen molar-refractivity contribution < 1.29 is 0 Å². The molecule has 1 radical (unpaired) electrons. The van der Waals surface area contributed by atoms with Crippen molar-refractivity contribution in [3.05, 3.63) is 5.92 Å².